The second kappa shape index (κ2) is 6.06. The molecule has 0 saturated heterocycles. The van der Waals surface area contributed by atoms with Gasteiger partial charge in [-0.25, -0.2) is 4.79 Å². The van der Waals surface area contributed by atoms with Gasteiger partial charge in [-0.3, -0.25) is 18.7 Å². The molecule has 0 saturated carbocycles. The average molecular weight is 345 g/mol. The van der Waals surface area contributed by atoms with Gasteiger partial charge in [0.15, 0.2) is 0 Å². The number of rotatable bonds is 3. The Labute approximate surface area is 145 Å². The molecule has 2 heterocycles. The molecule has 0 aliphatic heterocycles. The Hall–Kier alpha value is -2.57. The molecule has 1 unspecified atom stereocenters. The maximum absolute atomic E-state index is 12.5. The van der Waals surface area contributed by atoms with E-state index in [1.54, 1.807) is 0 Å². The lowest BCUT2D eigenvalue weighted by Crippen LogP contribution is -2.42. The largest absolute Gasteiger partial charge is 0.466 e. The van der Waals surface area contributed by atoms with Crippen molar-refractivity contribution in [1.82, 2.24) is 14.5 Å². The molecule has 1 amide bonds. The molecule has 2 aromatic heterocycles. The van der Waals surface area contributed by atoms with Gasteiger partial charge in [0.05, 0.1) is 6.04 Å². The van der Waals surface area contributed by atoms with Gasteiger partial charge in [0, 0.05) is 31.3 Å². The fourth-order valence-electron chi connectivity index (χ4n) is 3.44. The third kappa shape index (κ3) is 3.45. The van der Waals surface area contributed by atoms with E-state index >= 15 is 0 Å². The molecule has 1 aliphatic carbocycles. The van der Waals surface area contributed by atoms with Crippen molar-refractivity contribution >= 4 is 5.91 Å². The van der Waals surface area contributed by atoms with Crippen LogP contribution in [0.4, 0.5) is 0 Å². The minimum Gasteiger partial charge on any atom is -0.466 e. The molecule has 7 nitrogen and oxygen atoms in total. The Bertz CT molecular complexity index is 933. The summed E-state index contributed by atoms with van der Waals surface area (Å²) in [4.78, 5) is 36.0. The van der Waals surface area contributed by atoms with Crippen LogP contribution in [0.3, 0.4) is 0 Å². The third-order valence-electron chi connectivity index (χ3n) is 4.65. The molecule has 2 aromatic rings. The van der Waals surface area contributed by atoms with Crippen molar-refractivity contribution in [2.24, 2.45) is 12.5 Å². The standard InChI is InChI=1S/C18H23N3O4/c1-11-7-12-13(8-18(2,3)9-14(12)25-11)19-15(22)10-21-6-5-16(23)20(4)17(21)24/h5-7,13H,8-10H2,1-4H3,(H,19,22). The highest BCUT2D eigenvalue weighted by atomic mass is 16.3. The summed E-state index contributed by atoms with van der Waals surface area (Å²) in [5.41, 5.74) is 0.126. The lowest BCUT2D eigenvalue weighted by molar-refractivity contribution is -0.122. The molecule has 3 rings (SSSR count). The second-order valence-electron chi connectivity index (χ2n) is 7.52. The maximum atomic E-state index is 12.5. The number of nitrogens with one attached hydrogen (secondary N) is 1. The molecule has 25 heavy (non-hydrogen) atoms. The van der Waals surface area contributed by atoms with E-state index in [2.05, 4.69) is 19.2 Å². The van der Waals surface area contributed by atoms with E-state index in [9.17, 15) is 14.4 Å². The molecule has 0 bridgehead atoms. The number of carbonyl (C=O) groups excluding carboxylic acids is 1. The first-order valence-electron chi connectivity index (χ1n) is 8.31. The number of aryl methyl sites for hydroxylation is 1. The number of hydrogen-bond acceptors (Lipinski definition) is 4. The van der Waals surface area contributed by atoms with Gasteiger partial charge < -0.3 is 9.73 Å². The van der Waals surface area contributed by atoms with Crippen LogP contribution in [0.1, 0.15) is 43.4 Å². The van der Waals surface area contributed by atoms with Gasteiger partial charge in [0.25, 0.3) is 5.56 Å². The van der Waals surface area contributed by atoms with Gasteiger partial charge in [0.1, 0.15) is 18.1 Å². The lowest BCUT2D eigenvalue weighted by Gasteiger charge is -2.34. The van der Waals surface area contributed by atoms with Crippen LogP contribution in [-0.2, 0) is 24.8 Å². The summed E-state index contributed by atoms with van der Waals surface area (Å²) in [6.45, 7) is 6.05. The highest BCUT2D eigenvalue weighted by Crippen LogP contribution is 2.41. The summed E-state index contributed by atoms with van der Waals surface area (Å²) in [5, 5.41) is 3.01. The predicted molar refractivity (Wildman–Crippen MR) is 92.4 cm³/mol. The monoisotopic (exact) mass is 345 g/mol. The van der Waals surface area contributed by atoms with Crippen molar-refractivity contribution in [3.05, 3.63) is 56.3 Å². The molecular weight excluding hydrogens is 322 g/mol. The van der Waals surface area contributed by atoms with Crippen LogP contribution in [-0.4, -0.2) is 15.0 Å². The molecule has 134 valence electrons. The van der Waals surface area contributed by atoms with E-state index in [4.69, 9.17) is 4.42 Å². The molecule has 1 aliphatic rings. The fourth-order valence-corrected chi connectivity index (χ4v) is 3.44. The normalized spacial score (nSPS) is 18.6. The number of aromatic nitrogens is 2. The number of nitrogens with zero attached hydrogens (tertiary/aromatic N) is 2. The molecule has 0 spiro atoms. The lowest BCUT2D eigenvalue weighted by atomic mass is 9.74. The summed E-state index contributed by atoms with van der Waals surface area (Å²) < 4.78 is 7.98. The number of hydrogen-bond donors (Lipinski definition) is 1. The number of fused-ring (bicyclic) bond motifs is 1. The number of furan rings is 1. The van der Waals surface area contributed by atoms with Gasteiger partial charge in [0.2, 0.25) is 5.91 Å². The van der Waals surface area contributed by atoms with E-state index in [1.165, 1.54) is 23.9 Å². The maximum Gasteiger partial charge on any atom is 0.331 e. The van der Waals surface area contributed by atoms with Crippen molar-refractivity contribution in [3.8, 4) is 0 Å². The summed E-state index contributed by atoms with van der Waals surface area (Å²) >= 11 is 0. The van der Waals surface area contributed by atoms with Crippen LogP contribution >= 0.6 is 0 Å². The minimum absolute atomic E-state index is 0.0166. The number of amides is 1. The van der Waals surface area contributed by atoms with Crippen molar-refractivity contribution in [2.75, 3.05) is 0 Å². The van der Waals surface area contributed by atoms with E-state index in [-0.39, 0.29) is 23.9 Å². The smallest absolute Gasteiger partial charge is 0.331 e. The van der Waals surface area contributed by atoms with Crippen molar-refractivity contribution in [2.45, 2.75) is 46.2 Å². The Morgan fingerprint density at radius 1 is 1.40 bits per heavy atom. The van der Waals surface area contributed by atoms with Crippen LogP contribution in [0.2, 0.25) is 0 Å². The van der Waals surface area contributed by atoms with Crippen molar-refractivity contribution < 1.29 is 9.21 Å². The van der Waals surface area contributed by atoms with Crippen molar-refractivity contribution in [1.29, 1.82) is 0 Å². The first kappa shape index (κ1) is 17.3. The van der Waals surface area contributed by atoms with Crippen LogP contribution in [0.25, 0.3) is 0 Å². The second-order valence-corrected chi connectivity index (χ2v) is 7.52. The van der Waals surface area contributed by atoms with Gasteiger partial charge in [-0.1, -0.05) is 13.8 Å². The molecule has 1 atom stereocenters. The highest BCUT2D eigenvalue weighted by Gasteiger charge is 2.35. The SMILES string of the molecule is Cc1cc2c(o1)CC(C)(C)CC2NC(=O)Cn1ccc(=O)n(C)c1=O. The van der Waals surface area contributed by atoms with Crippen LogP contribution in [0.5, 0.6) is 0 Å². The predicted octanol–water partition coefficient (Wildman–Crippen LogP) is 1.28. The highest BCUT2D eigenvalue weighted by molar-refractivity contribution is 5.76. The number of carbonyl (C=O) groups is 1. The Morgan fingerprint density at radius 3 is 2.84 bits per heavy atom. The van der Waals surface area contributed by atoms with Crippen molar-refractivity contribution in [3.63, 3.8) is 0 Å². The van der Waals surface area contributed by atoms with Crippen LogP contribution in [0, 0.1) is 12.3 Å². The molecule has 0 aromatic carbocycles. The zero-order chi connectivity index (χ0) is 18.4. The fraction of sp³-hybridized carbons (Fsp3) is 0.500. The van der Waals surface area contributed by atoms with Crippen LogP contribution < -0.4 is 16.6 Å². The van der Waals surface area contributed by atoms with Gasteiger partial charge in [-0.05, 0) is 24.8 Å². The summed E-state index contributed by atoms with van der Waals surface area (Å²) in [6.07, 6.45) is 2.98. The minimum atomic E-state index is -0.508. The molecule has 0 radical (unpaired) electrons. The zero-order valence-corrected chi connectivity index (χ0v) is 15.0. The molecule has 0 fully saturated rings. The van der Waals surface area contributed by atoms with Crippen LogP contribution in [0.15, 0.2) is 32.3 Å². The van der Waals surface area contributed by atoms with E-state index < -0.39 is 11.2 Å². The zero-order valence-electron chi connectivity index (χ0n) is 15.0. The van der Waals surface area contributed by atoms with E-state index in [0.717, 1.165) is 34.5 Å². The molecule has 1 N–H and O–H groups in total. The van der Waals surface area contributed by atoms with E-state index in [0.29, 0.717) is 0 Å². The quantitative estimate of drug-likeness (QED) is 0.908. The summed E-state index contributed by atoms with van der Waals surface area (Å²) in [7, 11) is 1.39. The Kier molecular flexibility index (Phi) is 4.18. The summed E-state index contributed by atoms with van der Waals surface area (Å²) in [5.74, 6) is 1.47. The Morgan fingerprint density at radius 2 is 2.12 bits per heavy atom. The van der Waals surface area contributed by atoms with E-state index in [1.807, 2.05) is 13.0 Å². The third-order valence-corrected chi connectivity index (χ3v) is 4.65. The Balaban J connectivity index is 1.80. The van der Waals surface area contributed by atoms with Gasteiger partial charge >= 0.3 is 5.69 Å². The van der Waals surface area contributed by atoms with Gasteiger partial charge in [-0.2, -0.15) is 0 Å². The first-order valence-corrected chi connectivity index (χ1v) is 8.31. The topological polar surface area (TPSA) is 86.2 Å². The summed E-state index contributed by atoms with van der Waals surface area (Å²) in [6, 6.07) is 3.09. The first-order chi connectivity index (χ1) is 11.7. The molecular formula is C18H23N3O4. The average Bonchev–Trinajstić information content (AvgIpc) is 2.87. The molecule has 7 heteroatoms. The van der Waals surface area contributed by atoms with Gasteiger partial charge in [-0.15, -0.1) is 0 Å².